The van der Waals surface area contributed by atoms with Gasteiger partial charge in [0.2, 0.25) is 0 Å². The van der Waals surface area contributed by atoms with Crippen LogP contribution in [0.1, 0.15) is 33.6 Å². The summed E-state index contributed by atoms with van der Waals surface area (Å²) >= 11 is 11.8. The first-order chi connectivity index (χ1) is 12.5. The second-order valence-corrected chi connectivity index (χ2v) is 6.62. The van der Waals surface area contributed by atoms with Gasteiger partial charge in [0, 0.05) is 11.6 Å². The standard InChI is InChI=1S/C19H16Cl2O5/c20-13-5-8-16(17(21)10-13)19(23)26-14-6-3-12(4-7-14)18(22)25-11-15-2-1-9-24-15/h3-8,10,15H,1-2,9,11H2. The topological polar surface area (TPSA) is 61.8 Å². The second-order valence-electron chi connectivity index (χ2n) is 5.77. The lowest BCUT2D eigenvalue weighted by Gasteiger charge is -2.10. The van der Waals surface area contributed by atoms with Crippen LogP contribution in [0.15, 0.2) is 42.5 Å². The number of rotatable bonds is 5. The molecule has 0 aliphatic carbocycles. The average molecular weight is 395 g/mol. The molecule has 26 heavy (non-hydrogen) atoms. The number of esters is 2. The molecule has 1 unspecified atom stereocenters. The third-order valence-corrected chi connectivity index (χ3v) is 4.42. The van der Waals surface area contributed by atoms with Crippen molar-refractivity contribution in [3.63, 3.8) is 0 Å². The minimum absolute atomic E-state index is 0.0247. The van der Waals surface area contributed by atoms with Gasteiger partial charge in [-0.25, -0.2) is 9.59 Å². The average Bonchev–Trinajstić information content (AvgIpc) is 3.13. The first-order valence-corrected chi connectivity index (χ1v) is 8.84. The summed E-state index contributed by atoms with van der Waals surface area (Å²) in [7, 11) is 0. The summed E-state index contributed by atoms with van der Waals surface area (Å²) in [4.78, 5) is 24.2. The van der Waals surface area contributed by atoms with E-state index in [4.69, 9.17) is 37.4 Å². The van der Waals surface area contributed by atoms with Gasteiger partial charge in [0.25, 0.3) is 0 Å². The summed E-state index contributed by atoms with van der Waals surface area (Å²) in [6.45, 7) is 0.949. The molecule has 0 aromatic heterocycles. The maximum atomic E-state index is 12.2. The molecule has 0 N–H and O–H groups in total. The van der Waals surface area contributed by atoms with Gasteiger partial charge in [-0.2, -0.15) is 0 Å². The van der Waals surface area contributed by atoms with Gasteiger partial charge in [-0.3, -0.25) is 0 Å². The van der Waals surface area contributed by atoms with Crippen molar-refractivity contribution in [3.05, 3.63) is 63.6 Å². The molecule has 0 bridgehead atoms. The normalized spacial score (nSPS) is 16.3. The van der Waals surface area contributed by atoms with Gasteiger partial charge in [0.15, 0.2) is 0 Å². The molecule has 136 valence electrons. The fraction of sp³-hybridized carbons (Fsp3) is 0.263. The van der Waals surface area contributed by atoms with Gasteiger partial charge in [0.1, 0.15) is 12.4 Å². The highest BCUT2D eigenvalue weighted by Gasteiger charge is 2.18. The minimum atomic E-state index is -0.611. The molecular formula is C19H16Cl2O5. The Morgan fingerprint density at radius 1 is 1.08 bits per heavy atom. The number of carbonyl (C=O) groups excluding carboxylic acids is 2. The van der Waals surface area contributed by atoms with Crippen molar-refractivity contribution in [1.82, 2.24) is 0 Å². The summed E-state index contributed by atoms with van der Waals surface area (Å²) in [6, 6.07) is 10.6. The van der Waals surface area contributed by atoms with Gasteiger partial charge in [-0.05, 0) is 55.3 Å². The number of halogens is 2. The molecule has 0 amide bonds. The van der Waals surface area contributed by atoms with Crippen LogP contribution >= 0.6 is 23.2 Å². The van der Waals surface area contributed by atoms with Crippen molar-refractivity contribution >= 4 is 35.1 Å². The second kappa shape index (κ2) is 8.54. The molecule has 5 nitrogen and oxygen atoms in total. The van der Waals surface area contributed by atoms with Crippen LogP contribution in [0, 0.1) is 0 Å². The highest BCUT2D eigenvalue weighted by Crippen LogP contribution is 2.23. The Bertz CT molecular complexity index is 798. The third-order valence-electron chi connectivity index (χ3n) is 3.88. The van der Waals surface area contributed by atoms with Crippen molar-refractivity contribution < 1.29 is 23.8 Å². The Kier molecular flexibility index (Phi) is 6.14. The molecule has 1 aliphatic heterocycles. The zero-order valence-corrected chi connectivity index (χ0v) is 15.3. The Balaban J connectivity index is 1.58. The maximum Gasteiger partial charge on any atom is 0.345 e. The Morgan fingerprint density at radius 3 is 2.50 bits per heavy atom. The molecule has 0 saturated carbocycles. The predicted molar refractivity (Wildman–Crippen MR) is 97.1 cm³/mol. The summed E-state index contributed by atoms with van der Waals surface area (Å²) in [6.07, 6.45) is 1.86. The fourth-order valence-electron chi connectivity index (χ4n) is 2.50. The van der Waals surface area contributed by atoms with Crippen LogP contribution in [-0.2, 0) is 9.47 Å². The van der Waals surface area contributed by atoms with Crippen LogP contribution in [0.5, 0.6) is 5.75 Å². The van der Waals surface area contributed by atoms with Gasteiger partial charge in [-0.15, -0.1) is 0 Å². The Hall–Kier alpha value is -2.08. The van der Waals surface area contributed by atoms with E-state index in [0.29, 0.717) is 17.2 Å². The number of hydrogen-bond acceptors (Lipinski definition) is 5. The molecule has 2 aromatic carbocycles. The van der Waals surface area contributed by atoms with Crippen molar-refractivity contribution in [2.45, 2.75) is 18.9 Å². The quantitative estimate of drug-likeness (QED) is 0.549. The first-order valence-electron chi connectivity index (χ1n) is 8.09. The van der Waals surface area contributed by atoms with Gasteiger partial charge in [0.05, 0.1) is 22.3 Å². The highest BCUT2D eigenvalue weighted by molar-refractivity contribution is 6.36. The summed E-state index contributed by atoms with van der Waals surface area (Å²) < 4.78 is 15.9. The maximum absolute atomic E-state index is 12.2. The molecule has 0 spiro atoms. The Morgan fingerprint density at radius 2 is 1.85 bits per heavy atom. The lowest BCUT2D eigenvalue weighted by Crippen LogP contribution is -2.17. The SMILES string of the molecule is O=C(OCC1CCCO1)c1ccc(OC(=O)c2ccc(Cl)cc2Cl)cc1. The lowest BCUT2D eigenvalue weighted by molar-refractivity contribution is 0.0161. The number of hydrogen-bond donors (Lipinski definition) is 0. The molecule has 1 fully saturated rings. The van der Waals surface area contributed by atoms with Crippen LogP contribution < -0.4 is 4.74 Å². The van der Waals surface area contributed by atoms with Crippen molar-refractivity contribution in [1.29, 1.82) is 0 Å². The number of benzene rings is 2. The molecule has 1 heterocycles. The largest absolute Gasteiger partial charge is 0.459 e. The van der Waals surface area contributed by atoms with E-state index >= 15 is 0 Å². The zero-order valence-electron chi connectivity index (χ0n) is 13.7. The van der Waals surface area contributed by atoms with Gasteiger partial charge >= 0.3 is 11.9 Å². The van der Waals surface area contributed by atoms with Crippen LogP contribution in [-0.4, -0.2) is 31.3 Å². The molecule has 1 atom stereocenters. The highest BCUT2D eigenvalue weighted by atomic mass is 35.5. The molecule has 1 aliphatic rings. The minimum Gasteiger partial charge on any atom is -0.459 e. The summed E-state index contributed by atoms with van der Waals surface area (Å²) in [5.74, 6) is -0.767. The van der Waals surface area contributed by atoms with E-state index in [1.54, 1.807) is 6.07 Å². The molecule has 0 radical (unpaired) electrons. The Labute approximate surface area is 160 Å². The van der Waals surface area contributed by atoms with Crippen LogP contribution in [0.4, 0.5) is 0 Å². The van der Waals surface area contributed by atoms with Crippen LogP contribution in [0.25, 0.3) is 0 Å². The van der Waals surface area contributed by atoms with E-state index in [0.717, 1.165) is 12.8 Å². The van der Waals surface area contributed by atoms with E-state index in [2.05, 4.69) is 0 Å². The molecule has 3 rings (SSSR count). The van der Waals surface area contributed by atoms with Crippen molar-refractivity contribution in [3.8, 4) is 5.75 Å². The van der Waals surface area contributed by atoms with Gasteiger partial charge in [-0.1, -0.05) is 23.2 Å². The van der Waals surface area contributed by atoms with E-state index < -0.39 is 11.9 Å². The lowest BCUT2D eigenvalue weighted by atomic mass is 10.2. The van der Waals surface area contributed by atoms with E-state index in [9.17, 15) is 9.59 Å². The van der Waals surface area contributed by atoms with Gasteiger partial charge < -0.3 is 14.2 Å². The van der Waals surface area contributed by atoms with Crippen LogP contribution in [0.3, 0.4) is 0 Å². The molecule has 7 heteroatoms. The molecular weight excluding hydrogens is 379 g/mol. The van der Waals surface area contributed by atoms with Crippen molar-refractivity contribution in [2.75, 3.05) is 13.2 Å². The summed E-state index contributed by atoms with van der Waals surface area (Å²) in [5.41, 5.74) is 0.573. The van der Waals surface area contributed by atoms with E-state index in [1.807, 2.05) is 0 Å². The zero-order chi connectivity index (χ0) is 18.5. The van der Waals surface area contributed by atoms with Crippen molar-refractivity contribution in [2.24, 2.45) is 0 Å². The summed E-state index contributed by atoms with van der Waals surface area (Å²) in [5, 5.41) is 0.634. The monoisotopic (exact) mass is 394 g/mol. The van der Waals surface area contributed by atoms with Crippen LogP contribution in [0.2, 0.25) is 10.0 Å². The molecule has 2 aromatic rings. The smallest absolute Gasteiger partial charge is 0.345 e. The van der Waals surface area contributed by atoms with E-state index in [1.165, 1.54) is 36.4 Å². The fourth-order valence-corrected chi connectivity index (χ4v) is 2.99. The molecule has 1 saturated heterocycles. The number of carbonyl (C=O) groups is 2. The van der Waals surface area contributed by atoms with E-state index in [-0.39, 0.29) is 29.0 Å². The third kappa shape index (κ3) is 4.75. The first kappa shape index (κ1) is 18.7. The predicted octanol–water partition coefficient (Wildman–Crippen LogP) is 4.55. The number of ether oxygens (including phenoxy) is 3.